The van der Waals surface area contributed by atoms with Crippen molar-refractivity contribution in [2.45, 2.75) is 37.7 Å². The minimum absolute atomic E-state index is 0.00110. The van der Waals surface area contributed by atoms with Gasteiger partial charge in [0.1, 0.15) is 5.82 Å². The number of likely N-dealkylation sites (tertiary alicyclic amines) is 1. The van der Waals surface area contributed by atoms with Gasteiger partial charge in [0.2, 0.25) is 0 Å². The van der Waals surface area contributed by atoms with Crippen LogP contribution < -0.4 is 5.32 Å². The summed E-state index contributed by atoms with van der Waals surface area (Å²) in [5, 5.41) is 13.0. The third kappa shape index (κ3) is 3.24. The van der Waals surface area contributed by atoms with Crippen LogP contribution in [-0.2, 0) is 5.41 Å². The van der Waals surface area contributed by atoms with Crippen LogP contribution in [0.25, 0.3) is 0 Å². The maximum Gasteiger partial charge on any atom is 0.194 e. The lowest BCUT2D eigenvalue weighted by Gasteiger charge is -2.22. The number of hydrogen-bond donors (Lipinski definition) is 2. The summed E-state index contributed by atoms with van der Waals surface area (Å²) in [5.74, 6) is 0.684. The molecular formula is C17H24FN3O. The fraction of sp³-hybridized carbons (Fsp3) is 0.588. The van der Waals surface area contributed by atoms with Crippen LogP contribution in [0, 0.1) is 5.82 Å². The van der Waals surface area contributed by atoms with Crippen molar-refractivity contribution >= 4 is 5.96 Å². The molecular weight excluding hydrogens is 281 g/mol. The fourth-order valence-electron chi connectivity index (χ4n) is 3.09. The van der Waals surface area contributed by atoms with Crippen LogP contribution in [-0.4, -0.2) is 48.2 Å². The molecule has 3 rings (SSSR count). The molecule has 2 fully saturated rings. The molecule has 0 spiro atoms. The van der Waals surface area contributed by atoms with Crippen LogP contribution in [0.15, 0.2) is 29.3 Å². The average Bonchev–Trinajstić information content (AvgIpc) is 3.18. The van der Waals surface area contributed by atoms with E-state index in [0.29, 0.717) is 13.1 Å². The second-order valence-electron chi connectivity index (χ2n) is 6.35. The lowest BCUT2D eigenvalue weighted by Crippen LogP contribution is -2.41. The van der Waals surface area contributed by atoms with Gasteiger partial charge in [0, 0.05) is 25.0 Å². The van der Waals surface area contributed by atoms with Crippen LogP contribution in [0.3, 0.4) is 0 Å². The van der Waals surface area contributed by atoms with Gasteiger partial charge in [0.25, 0.3) is 0 Å². The zero-order valence-corrected chi connectivity index (χ0v) is 13.1. The van der Waals surface area contributed by atoms with Crippen molar-refractivity contribution in [3.63, 3.8) is 0 Å². The number of aliphatic hydroxyl groups excluding tert-OH is 1. The summed E-state index contributed by atoms with van der Waals surface area (Å²) in [7, 11) is 0. The predicted molar refractivity (Wildman–Crippen MR) is 85.5 cm³/mol. The highest BCUT2D eigenvalue weighted by atomic mass is 19.1. The zero-order chi connectivity index (χ0) is 15.6. The summed E-state index contributed by atoms with van der Waals surface area (Å²) in [4.78, 5) is 6.88. The number of guanidine groups is 1. The first kappa shape index (κ1) is 15.3. The van der Waals surface area contributed by atoms with Crippen molar-refractivity contribution < 1.29 is 9.50 Å². The molecule has 1 atom stereocenters. The molecule has 1 aliphatic carbocycles. The third-order valence-corrected chi connectivity index (χ3v) is 4.62. The summed E-state index contributed by atoms with van der Waals surface area (Å²) < 4.78 is 13.4. The number of hydrogen-bond acceptors (Lipinski definition) is 2. The molecule has 1 saturated carbocycles. The molecule has 2 N–H and O–H groups in total. The summed E-state index contributed by atoms with van der Waals surface area (Å²) in [5.41, 5.74) is 1.05. The Bertz CT molecular complexity index is 557. The SMILES string of the molecule is CCNC(=NCC1(c2cccc(F)c2)CC1)N1CC[C@@H](O)C1. The zero-order valence-electron chi connectivity index (χ0n) is 13.1. The Kier molecular flexibility index (Phi) is 4.34. The largest absolute Gasteiger partial charge is 0.391 e. The number of benzene rings is 1. The van der Waals surface area contributed by atoms with Crippen molar-refractivity contribution in [3.8, 4) is 0 Å². The molecule has 0 aromatic heterocycles. The van der Waals surface area contributed by atoms with E-state index in [-0.39, 0.29) is 17.3 Å². The molecule has 4 nitrogen and oxygen atoms in total. The number of nitrogens with zero attached hydrogens (tertiary/aromatic N) is 2. The third-order valence-electron chi connectivity index (χ3n) is 4.62. The van der Waals surface area contributed by atoms with E-state index in [1.54, 1.807) is 12.1 Å². The van der Waals surface area contributed by atoms with Gasteiger partial charge in [-0.25, -0.2) is 4.39 Å². The molecule has 120 valence electrons. The average molecular weight is 305 g/mol. The van der Waals surface area contributed by atoms with E-state index in [9.17, 15) is 9.50 Å². The topological polar surface area (TPSA) is 47.9 Å². The van der Waals surface area contributed by atoms with Gasteiger partial charge in [0.15, 0.2) is 5.96 Å². The molecule has 0 amide bonds. The number of aliphatic hydroxyl groups is 1. The molecule has 1 aromatic rings. The molecule has 0 radical (unpaired) electrons. The van der Waals surface area contributed by atoms with E-state index in [0.717, 1.165) is 43.9 Å². The minimum atomic E-state index is -0.262. The summed E-state index contributed by atoms with van der Waals surface area (Å²) >= 11 is 0. The van der Waals surface area contributed by atoms with Gasteiger partial charge in [0.05, 0.1) is 12.6 Å². The quantitative estimate of drug-likeness (QED) is 0.660. The van der Waals surface area contributed by atoms with Crippen molar-refractivity contribution in [2.24, 2.45) is 4.99 Å². The molecule has 2 aliphatic rings. The Morgan fingerprint density at radius 3 is 2.91 bits per heavy atom. The number of β-amino-alcohol motifs (C(OH)–C–C–N with tert-alkyl or cyclic N) is 1. The summed E-state index contributed by atoms with van der Waals surface area (Å²) in [6, 6.07) is 6.89. The van der Waals surface area contributed by atoms with E-state index in [2.05, 4.69) is 10.2 Å². The van der Waals surface area contributed by atoms with Crippen LogP contribution in [0.2, 0.25) is 0 Å². The van der Waals surface area contributed by atoms with Crippen molar-refractivity contribution in [1.82, 2.24) is 10.2 Å². The number of aliphatic imine (C=N–C) groups is 1. The smallest absolute Gasteiger partial charge is 0.194 e. The molecule has 0 unspecified atom stereocenters. The second-order valence-corrected chi connectivity index (χ2v) is 6.35. The monoisotopic (exact) mass is 305 g/mol. The molecule has 1 aliphatic heterocycles. The fourth-order valence-corrected chi connectivity index (χ4v) is 3.09. The van der Waals surface area contributed by atoms with Crippen LogP contribution >= 0.6 is 0 Å². The van der Waals surface area contributed by atoms with Crippen LogP contribution in [0.4, 0.5) is 4.39 Å². The molecule has 5 heteroatoms. The maximum atomic E-state index is 13.4. The molecule has 1 aromatic carbocycles. The molecule has 1 heterocycles. The first-order valence-electron chi connectivity index (χ1n) is 8.10. The highest BCUT2D eigenvalue weighted by Gasteiger charge is 2.44. The summed E-state index contributed by atoms with van der Waals surface area (Å²) in [6.45, 7) is 4.99. The van der Waals surface area contributed by atoms with Crippen molar-refractivity contribution in [2.75, 3.05) is 26.2 Å². The van der Waals surface area contributed by atoms with Crippen molar-refractivity contribution in [1.29, 1.82) is 0 Å². The van der Waals surface area contributed by atoms with Gasteiger partial charge in [-0.2, -0.15) is 0 Å². The van der Waals surface area contributed by atoms with Gasteiger partial charge < -0.3 is 15.3 Å². The Labute approximate surface area is 131 Å². The van der Waals surface area contributed by atoms with Gasteiger partial charge in [-0.1, -0.05) is 12.1 Å². The second kappa shape index (κ2) is 6.24. The highest BCUT2D eigenvalue weighted by Crippen LogP contribution is 2.48. The van der Waals surface area contributed by atoms with E-state index in [1.807, 2.05) is 13.0 Å². The Hall–Kier alpha value is -1.62. The first-order valence-corrected chi connectivity index (χ1v) is 8.10. The van der Waals surface area contributed by atoms with E-state index in [4.69, 9.17) is 4.99 Å². The Morgan fingerprint density at radius 2 is 2.32 bits per heavy atom. The predicted octanol–water partition coefficient (Wildman–Crippen LogP) is 1.89. The van der Waals surface area contributed by atoms with Gasteiger partial charge in [-0.05, 0) is 43.9 Å². The Morgan fingerprint density at radius 1 is 1.50 bits per heavy atom. The van der Waals surface area contributed by atoms with Crippen LogP contribution in [0.1, 0.15) is 31.7 Å². The normalized spacial score (nSPS) is 23.7. The first-order chi connectivity index (χ1) is 10.6. The summed E-state index contributed by atoms with van der Waals surface area (Å²) in [6.07, 6.45) is 2.64. The number of nitrogens with one attached hydrogen (secondary N) is 1. The molecule has 0 bridgehead atoms. The lowest BCUT2D eigenvalue weighted by atomic mass is 9.96. The standard InChI is InChI=1S/C17H24FN3O/c1-2-19-16(21-9-6-15(22)11-21)20-12-17(7-8-17)13-4-3-5-14(18)10-13/h3-5,10,15,22H,2,6-9,11-12H2,1H3,(H,19,20)/t15-/m1/s1. The minimum Gasteiger partial charge on any atom is -0.391 e. The van der Waals surface area contributed by atoms with Gasteiger partial charge >= 0.3 is 0 Å². The number of halogens is 1. The maximum absolute atomic E-state index is 13.4. The van der Waals surface area contributed by atoms with Gasteiger partial charge in [-0.15, -0.1) is 0 Å². The van der Waals surface area contributed by atoms with E-state index >= 15 is 0 Å². The highest BCUT2D eigenvalue weighted by molar-refractivity contribution is 5.80. The van der Waals surface area contributed by atoms with E-state index in [1.165, 1.54) is 6.07 Å². The van der Waals surface area contributed by atoms with Gasteiger partial charge in [-0.3, -0.25) is 4.99 Å². The molecule has 1 saturated heterocycles. The van der Waals surface area contributed by atoms with Crippen molar-refractivity contribution in [3.05, 3.63) is 35.6 Å². The lowest BCUT2D eigenvalue weighted by molar-refractivity contribution is 0.188. The molecule has 22 heavy (non-hydrogen) atoms. The van der Waals surface area contributed by atoms with Crippen LogP contribution in [0.5, 0.6) is 0 Å². The van der Waals surface area contributed by atoms with E-state index < -0.39 is 0 Å². The Balaban J connectivity index is 1.73. The number of rotatable bonds is 4.